The molecule has 0 fully saturated rings. The fourth-order valence-corrected chi connectivity index (χ4v) is 18.2. The molecule has 124 heavy (non-hydrogen) atoms. The van der Waals surface area contributed by atoms with Crippen molar-refractivity contribution < 1.29 is 0 Å². The number of fused-ring (bicyclic) bond motifs is 12. The lowest BCUT2D eigenvalue weighted by Gasteiger charge is -2.12. The number of hydrogen-bond acceptors (Lipinski definition) is 5. The van der Waals surface area contributed by atoms with E-state index < -0.39 is 0 Å². The molecule has 0 atom stereocenters. The maximum absolute atomic E-state index is 5.14. The first-order chi connectivity index (χ1) is 61.5. The minimum absolute atomic E-state index is 0.628. The van der Waals surface area contributed by atoms with Gasteiger partial charge >= 0.3 is 0 Å². The van der Waals surface area contributed by atoms with E-state index >= 15 is 0 Å². The molecule has 9 heteroatoms. The molecule has 0 saturated carbocycles. The van der Waals surface area contributed by atoms with Crippen LogP contribution in [-0.2, 0) is 0 Å². The van der Waals surface area contributed by atoms with Gasteiger partial charge in [0.15, 0.2) is 23.3 Å². The van der Waals surface area contributed by atoms with E-state index in [0.29, 0.717) is 23.3 Å². The zero-order valence-corrected chi connectivity index (χ0v) is 67.3. The van der Waals surface area contributed by atoms with Gasteiger partial charge < -0.3 is 18.3 Å². The second kappa shape index (κ2) is 30.9. The van der Waals surface area contributed by atoms with Gasteiger partial charge in [-0.2, -0.15) is 0 Å². The van der Waals surface area contributed by atoms with Gasteiger partial charge in [0.05, 0.1) is 55.5 Å². The summed E-state index contributed by atoms with van der Waals surface area (Å²) >= 11 is 0. The Hall–Kier alpha value is -16.8. The summed E-state index contributed by atoms with van der Waals surface area (Å²) in [5, 5.41) is 9.75. The first-order valence-electron chi connectivity index (χ1n) is 42.0. The van der Waals surface area contributed by atoms with Gasteiger partial charge in [-0.1, -0.05) is 328 Å². The molecule has 18 aromatic carbocycles. The first-order valence-corrected chi connectivity index (χ1v) is 42.0. The van der Waals surface area contributed by atoms with Crippen LogP contribution in [0, 0.1) is 0 Å². The Kier molecular flexibility index (Phi) is 18.0. The highest BCUT2D eigenvalue weighted by Gasteiger charge is 2.23. The number of para-hydroxylation sites is 4. The molecular formula is C115H75N9. The van der Waals surface area contributed by atoms with Gasteiger partial charge in [0, 0.05) is 99.2 Å². The molecule has 0 N–H and O–H groups in total. The molecule has 0 aliphatic carbocycles. The van der Waals surface area contributed by atoms with Crippen LogP contribution >= 0.6 is 0 Å². The van der Waals surface area contributed by atoms with Gasteiger partial charge in [-0.3, -0.25) is 0 Å². The Morgan fingerprint density at radius 2 is 0.347 bits per heavy atom. The molecule has 6 aromatic heterocycles. The molecule has 0 aliphatic heterocycles. The zero-order valence-electron chi connectivity index (χ0n) is 67.3. The highest BCUT2D eigenvalue weighted by Crippen LogP contribution is 2.44. The van der Waals surface area contributed by atoms with Crippen LogP contribution in [0.4, 0.5) is 0 Å². The normalized spacial score (nSPS) is 11.5. The molecule has 24 rings (SSSR count). The molecule has 0 bridgehead atoms. The number of rotatable bonds is 14. The van der Waals surface area contributed by atoms with E-state index in [9.17, 15) is 0 Å². The summed E-state index contributed by atoms with van der Waals surface area (Å²) in [6.07, 6.45) is 0. The Labute approximate surface area is 716 Å². The second-order valence-corrected chi connectivity index (χ2v) is 31.5. The molecule has 0 unspecified atom stereocenters. The van der Waals surface area contributed by atoms with E-state index in [2.05, 4.69) is 400 Å². The predicted octanol–water partition coefficient (Wildman–Crippen LogP) is 29.4. The summed E-state index contributed by atoms with van der Waals surface area (Å²) in [4.78, 5) is 25.3. The summed E-state index contributed by atoms with van der Waals surface area (Å²) in [7, 11) is 0. The molecule has 0 radical (unpaired) electrons. The standard InChI is InChI=1S/C58H38N4.C57H37N5/c1-4-15-39(16-5-1)40-27-31-46(32-28-40)61-54-25-12-10-23-48(54)50-36-43(29-33-56(50)61)44-30-34-57-51(37-44)49-24-11-13-26-55(49)62(57)47-22-14-21-45(35-47)58-59-52(41-17-6-2-7-18-41)38-53(60-58)42-19-8-3-9-20-42;1-4-15-38(16-5-1)39-27-31-45(32-28-39)61-51-25-12-10-23-47(51)49-36-42(29-33-53(49)61)43-30-34-54-50(37-43)48-24-11-13-26-52(48)62(54)46-22-14-21-44(35-46)57-59-55(40-17-6-2-7-18-40)58-56(60-57)41-19-8-3-9-20-41/h1-38H;1-37H. The molecule has 24 aromatic rings. The highest BCUT2D eigenvalue weighted by atomic mass is 15.0. The van der Waals surface area contributed by atoms with E-state index in [0.717, 1.165) is 89.6 Å². The van der Waals surface area contributed by atoms with E-state index in [1.807, 2.05) is 72.8 Å². The number of aromatic nitrogens is 9. The summed E-state index contributed by atoms with van der Waals surface area (Å²) in [5.74, 6) is 2.61. The maximum atomic E-state index is 5.14. The van der Waals surface area contributed by atoms with Gasteiger partial charge in [-0.25, -0.2) is 24.9 Å². The zero-order chi connectivity index (χ0) is 82.0. The quantitative estimate of drug-likeness (QED) is 0.108. The lowest BCUT2D eigenvalue weighted by atomic mass is 10.0. The van der Waals surface area contributed by atoms with Crippen LogP contribution in [0.3, 0.4) is 0 Å². The topological polar surface area (TPSA) is 84.2 Å². The summed E-state index contributed by atoms with van der Waals surface area (Å²) < 4.78 is 9.50. The molecule has 0 saturated heterocycles. The highest BCUT2D eigenvalue weighted by molar-refractivity contribution is 6.15. The van der Waals surface area contributed by atoms with E-state index in [-0.39, 0.29) is 0 Å². The van der Waals surface area contributed by atoms with Crippen LogP contribution in [-0.4, -0.2) is 43.2 Å². The Balaban J connectivity index is 0.000000143. The summed E-state index contributed by atoms with van der Waals surface area (Å²) in [6.45, 7) is 0. The molecule has 0 aliphatic rings. The van der Waals surface area contributed by atoms with Crippen LogP contribution in [0.1, 0.15) is 0 Å². The van der Waals surface area contributed by atoms with Crippen molar-refractivity contribution in [2.45, 2.75) is 0 Å². The van der Waals surface area contributed by atoms with Crippen molar-refractivity contribution in [3.8, 4) is 135 Å². The third-order valence-corrected chi connectivity index (χ3v) is 24.1. The van der Waals surface area contributed by atoms with Crippen LogP contribution in [0.15, 0.2) is 455 Å². The fraction of sp³-hybridized carbons (Fsp3) is 0. The van der Waals surface area contributed by atoms with Crippen molar-refractivity contribution in [2.24, 2.45) is 0 Å². The number of hydrogen-bond donors (Lipinski definition) is 0. The van der Waals surface area contributed by atoms with Gasteiger partial charge in [-0.05, 0) is 172 Å². The summed E-state index contributed by atoms with van der Waals surface area (Å²) in [6, 6.07) is 162. The van der Waals surface area contributed by atoms with Crippen LogP contribution in [0.5, 0.6) is 0 Å². The third-order valence-electron chi connectivity index (χ3n) is 24.1. The Bertz CT molecular complexity index is 7580. The minimum Gasteiger partial charge on any atom is -0.309 e. The molecule has 9 nitrogen and oxygen atoms in total. The van der Waals surface area contributed by atoms with E-state index in [1.165, 1.54) is 110 Å². The second-order valence-electron chi connectivity index (χ2n) is 31.5. The number of benzene rings is 18. The van der Waals surface area contributed by atoms with Gasteiger partial charge in [0.25, 0.3) is 0 Å². The average molecular weight is 1580 g/mol. The van der Waals surface area contributed by atoms with Crippen molar-refractivity contribution in [2.75, 3.05) is 0 Å². The van der Waals surface area contributed by atoms with Crippen molar-refractivity contribution in [3.05, 3.63) is 455 Å². The molecule has 580 valence electrons. The van der Waals surface area contributed by atoms with Gasteiger partial charge in [0.2, 0.25) is 0 Å². The molecule has 6 heterocycles. The molecular weight excluding hydrogens is 1510 g/mol. The van der Waals surface area contributed by atoms with Gasteiger partial charge in [-0.15, -0.1) is 0 Å². The fourth-order valence-electron chi connectivity index (χ4n) is 18.2. The third kappa shape index (κ3) is 13.1. The van der Waals surface area contributed by atoms with Crippen molar-refractivity contribution in [3.63, 3.8) is 0 Å². The van der Waals surface area contributed by atoms with Crippen LogP contribution in [0.2, 0.25) is 0 Å². The maximum Gasteiger partial charge on any atom is 0.164 e. The Morgan fingerprint density at radius 3 is 0.661 bits per heavy atom. The SMILES string of the molecule is c1ccc(-c2ccc(-n3c4ccccc4c4cc(-c5ccc6c(c5)c5ccccc5n6-c5cccc(-c6nc(-c7ccccc7)cc(-c7ccccc7)n6)c5)ccc43)cc2)cc1.c1ccc(-c2ccc(-n3c4ccccc4c4cc(-c5ccc6c(c5)c5ccccc5n6-c5cccc(-c6nc(-c7ccccc7)nc(-c7ccccc7)n6)c5)ccc43)cc2)cc1. The van der Waals surface area contributed by atoms with Crippen LogP contribution in [0.25, 0.3) is 223 Å². The summed E-state index contributed by atoms with van der Waals surface area (Å²) in [5.41, 5.74) is 31.0. The smallest absolute Gasteiger partial charge is 0.164 e. The lowest BCUT2D eigenvalue weighted by molar-refractivity contribution is 1.07. The van der Waals surface area contributed by atoms with Gasteiger partial charge in [0.1, 0.15) is 0 Å². The number of nitrogens with zero attached hydrogens (tertiary/aromatic N) is 9. The van der Waals surface area contributed by atoms with E-state index in [4.69, 9.17) is 24.9 Å². The van der Waals surface area contributed by atoms with Crippen molar-refractivity contribution in [1.82, 2.24) is 43.2 Å². The first kappa shape index (κ1) is 72.5. The minimum atomic E-state index is 0.628. The molecule has 0 spiro atoms. The molecule has 0 amide bonds. The van der Waals surface area contributed by atoms with Crippen LogP contribution < -0.4 is 0 Å². The monoisotopic (exact) mass is 1580 g/mol. The van der Waals surface area contributed by atoms with E-state index in [1.54, 1.807) is 0 Å². The largest absolute Gasteiger partial charge is 0.309 e. The van der Waals surface area contributed by atoms with Crippen molar-refractivity contribution in [1.29, 1.82) is 0 Å². The van der Waals surface area contributed by atoms with Crippen molar-refractivity contribution >= 4 is 87.2 Å². The average Bonchev–Trinajstić information content (AvgIpc) is 1.59. The predicted molar refractivity (Wildman–Crippen MR) is 514 cm³/mol. The lowest BCUT2D eigenvalue weighted by Crippen LogP contribution is -2.01. The Morgan fingerprint density at radius 1 is 0.121 bits per heavy atom.